The normalized spacial score (nSPS) is 14.3. The Morgan fingerprint density at radius 3 is 2.58 bits per heavy atom. The van der Waals surface area contributed by atoms with E-state index in [-0.39, 0.29) is 0 Å². The summed E-state index contributed by atoms with van der Waals surface area (Å²) in [6.07, 6.45) is 4.93. The quantitative estimate of drug-likeness (QED) is 0.733. The largest absolute Gasteiger partial charge is 0.382 e. The average Bonchev–Trinajstić information content (AvgIpc) is 2.43. The molecule has 1 N–H and O–H groups in total. The lowest BCUT2D eigenvalue weighted by Gasteiger charge is -2.21. The highest BCUT2D eigenvalue weighted by Crippen LogP contribution is 2.14. The van der Waals surface area contributed by atoms with Gasteiger partial charge in [0.1, 0.15) is 0 Å². The Balaban J connectivity index is 2.55. The predicted octanol–water partition coefficient (Wildman–Crippen LogP) is 3.72. The molecule has 0 aromatic heterocycles. The first-order chi connectivity index (χ1) is 9.17. The first-order valence-corrected chi connectivity index (χ1v) is 7.48. The second-order valence-corrected chi connectivity index (χ2v) is 5.41. The fourth-order valence-electron chi connectivity index (χ4n) is 2.28. The van der Waals surface area contributed by atoms with Crippen molar-refractivity contribution >= 4 is 0 Å². The van der Waals surface area contributed by atoms with E-state index in [1.54, 1.807) is 7.11 Å². The number of hydrogen-bond acceptors (Lipinski definition) is 2. The summed E-state index contributed by atoms with van der Waals surface area (Å²) < 4.78 is 5.35. The zero-order valence-corrected chi connectivity index (χ0v) is 12.9. The molecule has 2 unspecified atom stereocenters. The first-order valence-electron chi connectivity index (χ1n) is 7.48. The summed E-state index contributed by atoms with van der Waals surface area (Å²) in [6, 6.07) is 9.25. The zero-order valence-electron chi connectivity index (χ0n) is 12.9. The molecular weight excluding hydrogens is 234 g/mol. The maximum absolute atomic E-state index is 5.35. The van der Waals surface area contributed by atoms with Crippen LogP contribution in [0.25, 0.3) is 0 Å². The van der Waals surface area contributed by atoms with Crippen molar-refractivity contribution in [1.29, 1.82) is 0 Å². The van der Waals surface area contributed by atoms with Gasteiger partial charge in [0.25, 0.3) is 0 Å². The number of aryl methyl sites for hydroxylation is 1. The van der Waals surface area contributed by atoms with E-state index in [2.05, 4.69) is 50.4 Å². The summed E-state index contributed by atoms with van der Waals surface area (Å²) in [4.78, 5) is 0. The average molecular weight is 263 g/mol. The van der Waals surface area contributed by atoms with E-state index in [9.17, 15) is 0 Å². The Kier molecular flexibility index (Phi) is 7.76. The Labute approximate surface area is 118 Å². The molecule has 0 heterocycles. The molecule has 0 spiro atoms. The SMILES string of the molecule is CCCNC(CCC(C)OC)Cc1ccccc1C. The van der Waals surface area contributed by atoms with Gasteiger partial charge in [-0.3, -0.25) is 0 Å². The molecule has 0 aliphatic heterocycles. The highest BCUT2D eigenvalue weighted by atomic mass is 16.5. The Hall–Kier alpha value is -0.860. The molecule has 0 fully saturated rings. The molecule has 0 saturated carbocycles. The van der Waals surface area contributed by atoms with Crippen LogP contribution in [0.15, 0.2) is 24.3 Å². The Morgan fingerprint density at radius 1 is 1.21 bits per heavy atom. The molecule has 1 aromatic carbocycles. The minimum Gasteiger partial charge on any atom is -0.382 e. The van der Waals surface area contributed by atoms with E-state index >= 15 is 0 Å². The molecule has 2 heteroatoms. The summed E-state index contributed by atoms with van der Waals surface area (Å²) >= 11 is 0. The fourth-order valence-corrected chi connectivity index (χ4v) is 2.28. The van der Waals surface area contributed by atoms with Crippen molar-refractivity contribution in [3.05, 3.63) is 35.4 Å². The third-order valence-electron chi connectivity index (χ3n) is 3.73. The zero-order chi connectivity index (χ0) is 14.1. The smallest absolute Gasteiger partial charge is 0.0543 e. The van der Waals surface area contributed by atoms with Gasteiger partial charge in [-0.05, 0) is 57.2 Å². The molecule has 0 saturated heterocycles. The molecule has 19 heavy (non-hydrogen) atoms. The first kappa shape index (κ1) is 16.2. The molecule has 0 bridgehead atoms. The van der Waals surface area contributed by atoms with Crippen molar-refractivity contribution in [3.8, 4) is 0 Å². The summed E-state index contributed by atoms with van der Waals surface area (Å²) in [5, 5.41) is 3.67. The van der Waals surface area contributed by atoms with Gasteiger partial charge in [-0.15, -0.1) is 0 Å². The van der Waals surface area contributed by atoms with Crippen LogP contribution in [0.4, 0.5) is 0 Å². The molecule has 108 valence electrons. The standard InChI is InChI=1S/C17H29NO/c1-5-12-18-17(11-10-15(3)19-4)13-16-9-7-6-8-14(16)2/h6-9,15,17-18H,5,10-13H2,1-4H3. The van der Waals surface area contributed by atoms with E-state index in [0.717, 1.165) is 19.4 Å². The van der Waals surface area contributed by atoms with E-state index in [1.165, 1.54) is 24.0 Å². The molecule has 0 aliphatic carbocycles. The molecule has 2 atom stereocenters. The van der Waals surface area contributed by atoms with Crippen LogP contribution >= 0.6 is 0 Å². The summed E-state index contributed by atoms with van der Waals surface area (Å²) in [5.74, 6) is 0. The van der Waals surface area contributed by atoms with Crippen LogP contribution in [0.1, 0.15) is 44.2 Å². The van der Waals surface area contributed by atoms with Crippen LogP contribution in [-0.4, -0.2) is 25.8 Å². The van der Waals surface area contributed by atoms with E-state index in [0.29, 0.717) is 12.1 Å². The van der Waals surface area contributed by atoms with Gasteiger partial charge < -0.3 is 10.1 Å². The van der Waals surface area contributed by atoms with Crippen LogP contribution < -0.4 is 5.32 Å². The Bertz CT molecular complexity index is 351. The minimum atomic E-state index is 0.350. The van der Waals surface area contributed by atoms with Gasteiger partial charge in [-0.1, -0.05) is 31.2 Å². The maximum atomic E-state index is 5.35. The summed E-state index contributed by atoms with van der Waals surface area (Å²) in [6.45, 7) is 7.65. The van der Waals surface area contributed by atoms with Gasteiger partial charge in [0.05, 0.1) is 6.10 Å². The van der Waals surface area contributed by atoms with Gasteiger partial charge >= 0.3 is 0 Å². The van der Waals surface area contributed by atoms with Gasteiger partial charge in [0.2, 0.25) is 0 Å². The van der Waals surface area contributed by atoms with Gasteiger partial charge in [0.15, 0.2) is 0 Å². The van der Waals surface area contributed by atoms with E-state index in [1.807, 2.05) is 0 Å². The van der Waals surface area contributed by atoms with Crippen molar-refractivity contribution in [1.82, 2.24) is 5.32 Å². The summed E-state index contributed by atoms with van der Waals surface area (Å²) in [5.41, 5.74) is 2.85. The molecular formula is C17H29NO. The van der Waals surface area contributed by atoms with Crippen molar-refractivity contribution in [2.45, 2.75) is 58.6 Å². The number of rotatable bonds is 9. The third kappa shape index (κ3) is 6.22. The fraction of sp³-hybridized carbons (Fsp3) is 0.647. The van der Waals surface area contributed by atoms with Crippen molar-refractivity contribution in [3.63, 3.8) is 0 Å². The van der Waals surface area contributed by atoms with Crippen LogP contribution in [0.5, 0.6) is 0 Å². The van der Waals surface area contributed by atoms with Crippen molar-refractivity contribution in [2.24, 2.45) is 0 Å². The second-order valence-electron chi connectivity index (χ2n) is 5.41. The van der Waals surface area contributed by atoms with Crippen molar-refractivity contribution in [2.75, 3.05) is 13.7 Å². The number of ether oxygens (including phenoxy) is 1. The third-order valence-corrected chi connectivity index (χ3v) is 3.73. The van der Waals surface area contributed by atoms with Crippen LogP contribution in [0.2, 0.25) is 0 Å². The monoisotopic (exact) mass is 263 g/mol. The number of benzene rings is 1. The molecule has 2 nitrogen and oxygen atoms in total. The van der Waals surface area contributed by atoms with Crippen LogP contribution in [0, 0.1) is 6.92 Å². The lowest BCUT2D eigenvalue weighted by Crippen LogP contribution is -2.33. The molecule has 0 aliphatic rings. The van der Waals surface area contributed by atoms with Gasteiger partial charge in [-0.25, -0.2) is 0 Å². The molecule has 1 aromatic rings. The summed E-state index contributed by atoms with van der Waals surface area (Å²) in [7, 11) is 1.79. The maximum Gasteiger partial charge on any atom is 0.0543 e. The topological polar surface area (TPSA) is 21.3 Å². The minimum absolute atomic E-state index is 0.350. The number of methoxy groups -OCH3 is 1. The lowest BCUT2D eigenvalue weighted by molar-refractivity contribution is 0.106. The second kappa shape index (κ2) is 9.11. The van der Waals surface area contributed by atoms with Gasteiger partial charge in [0, 0.05) is 13.2 Å². The number of nitrogens with one attached hydrogen (secondary N) is 1. The van der Waals surface area contributed by atoms with E-state index in [4.69, 9.17) is 4.74 Å². The lowest BCUT2D eigenvalue weighted by atomic mass is 9.97. The molecule has 0 radical (unpaired) electrons. The highest BCUT2D eigenvalue weighted by Gasteiger charge is 2.12. The highest BCUT2D eigenvalue weighted by molar-refractivity contribution is 5.26. The Morgan fingerprint density at radius 2 is 1.95 bits per heavy atom. The van der Waals surface area contributed by atoms with Crippen molar-refractivity contribution < 1.29 is 4.74 Å². The van der Waals surface area contributed by atoms with Gasteiger partial charge in [-0.2, -0.15) is 0 Å². The van der Waals surface area contributed by atoms with Crippen LogP contribution in [-0.2, 0) is 11.2 Å². The molecule has 0 amide bonds. The molecule has 1 rings (SSSR count). The van der Waals surface area contributed by atoms with E-state index < -0.39 is 0 Å². The predicted molar refractivity (Wildman–Crippen MR) is 82.7 cm³/mol. The van der Waals surface area contributed by atoms with Crippen LogP contribution in [0.3, 0.4) is 0 Å². The number of hydrogen-bond donors (Lipinski definition) is 1.